The molecular formula is C27H30FN5O. The minimum absolute atomic E-state index is 0.158. The lowest BCUT2D eigenvalue weighted by Crippen LogP contribution is -2.51. The zero-order chi connectivity index (χ0) is 23.5. The summed E-state index contributed by atoms with van der Waals surface area (Å²) in [5, 5.41) is 0. The lowest BCUT2D eigenvalue weighted by Gasteiger charge is -2.43. The van der Waals surface area contributed by atoms with Crippen molar-refractivity contribution in [2.24, 2.45) is 5.41 Å². The number of nitrogens with zero attached hydrogens (tertiary/aromatic N) is 5. The van der Waals surface area contributed by atoms with Crippen LogP contribution >= 0.6 is 0 Å². The van der Waals surface area contributed by atoms with Gasteiger partial charge in [0.2, 0.25) is 11.9 Å². The smallest absolute Gasteiger partial charge is 0.228 e. The van der Waals surface area contributed by atoms with Gasteiger partial charge in [0.05, 0.1) is 5.69 Å². The predicted octanol–water partition coefficient (Wildman–Crippen LogP) is 4.69. The van der Waals surface area contributed by atoms with Crippen LogP contribution in [0.5, 0.6) is 0 Å². The zero-order valence-corrected chi connectivity index (χ0v) is 19.5. The summed E-state index contributed by atoms with van der Waals surface area (Å²) < 4.78 is 14.3. The number of aromatic nitrogens is 3. The molecule has 0 spiro atoms. The molecule has 2 fully saturated rings. The second-order valence-electron chi connectivity index (χ2n) is 9.61. The van der Waals surface area contributed by atoms with Crippen molar-refractivity contribution < 1.29 is 9.18 Å². The third kappa shape index (κ3) is 4.52. The highest BCUT2D eigenvalue weighted by Gasteiger charge is 2.41. The van der Waals surface area contributed by atoms with E-state index < -0.39 is 0 Å². The molecule has 1 aromatic carbocycles. The van der Waals surface area contributed by atoms with Crippen LogP contribution in [0.1, 0.15) is 44.2 Å². The number of benzene rings is 1. The molecule has 2 aromatic heterocycles. The normalized spacial score (nSPS) is 20.2. The number of amides is 1. The quantitative estimate of drug-likeness (QED) is 0.566. The van der Waals surface area contributed by atoms with E-state index in [1.165, 1.54) is 6.07 Å². The van der Waals surface area contributed by atoms with Crippen molar-refractivity contribution in [2.45, 2.75) is 38.5 Å². The number of anilines is 1. The number of carbonyl (C=O) groups is 1. The van der Waals surface area contributed by atoms with Crippen LogP contribution in [0.25, 0.3) is 11.3 Å². The molecule has 0 unspecified atom stereocenters. The Balaban J connectivity index is 1.27. The van der Waals surface area contributed by atoms with Crippen molar-refractivity contribution in [2.75, 3.05) is 31.1 Å². The van der Waals surface area contributed by atoms with E-state index in [2.05, 4.69) is 21.8 Å². The number of rotatable bonds is 4. The molecule has 0 bridgehead atoms. The monoisotopic (exact) mass is 459 g/mol. The Bertz CT molecular complexity index is 1150. The van der Waals surface area contributed by atoms with Gasteiger partial charge in [-0.3, -0.25) is 9.78 Å². The van der Waals surface area contributed by atoms with Crippen LogP contribution in [0, 0.1) is 11.2 Å². The van der Waals surface area contributed by atoms with Crippen LogP contribution in [0.2, 0.25) is 0 Å². The van der Waals surface area contributed by atoms with Gasteiger partial charge in [0.1, 0.15) is 5.82 Å². The van der Waals surface area contributed by atoms with Crippen molar-refractivity contribution in [1.82, 2.24) is 19.9 Å². The Morgan fingerprint density at radius 1 is 1.00 bits per heavy atom. The predicted molar refractivity (Wildman–Crippen MR) is 130 cm³/mol. The van der Waals surface area contributed by atoms with E-state index in [9.17, 15) is 9.18 Å². The molecule has 176 valence electrons. The average molecular weight is 460 g/mol. The molecule has 0 saturated carbocycles. The largest absolute Gasteiger partial charge is 0.342 e. The molecule has 2 saturated heterocycles. The summed E-state index contributed by atoms with van der Waals surface area (Å²) >= 11 is 0. The average Bonchev–Trinajstić information content (AvgIpc) is 2.89. The Morgan fingerprint density at radius 3 is 2.53 bits per heavy atom. The standard InChI is InChI=1S/C27H30FN5O/c1-27(12-17-32(18-13-27)26-29-14-6-15-30-26)25(34)33-16-5-7-20(19-33)23-10-4-11-24(31-23)21-8-2-3-9-22(21)28/h2-4,6,8-11,14-15,20H,5,7,12-13,16-19H2,1H3/t20-/m1/s1. The number of pyridine rings is 1. The van der Waals surface area contributed by atoms with Crippen molar-refractivity contribution in [3.63, 3.8) is 0 Å². The van der Waals surface area contributed by atoms with Crippen LogP contribution in [0.4, 0.5) is 10.3 Å². The van der Waals surface area contributed by atoms with Gasteiger partial charge in [-0.15, -0.1) is 0 Å². The summed E-state index contributed by atoms with van der Waals surface area (Å²) in [6.45, 7) is 5.09. The van der Waals surface area contributed by atoms with Gasteiger partial charge in [-0.05, 0) is 56.0 Å². The van der Waals surface area contributed by atoms with Crippen LogP contribution in [-0.2, 0) is 4.79 Å². The number of hydrogen-bond acceptors (Lipinski definition) is 5. The number of halogens is 1. The maximum absolute atomic E-state index is 14.3. The topological polar surface area (TPSA) is 62.2 Å². The van der Waals surface area contributed by atoms with Crippen molar-refractivity contribution in [1.29, 1.82) is 0 Å². The fourth-order valence-corrected chi connectivity index (χ4v) is 5.15. The van der Waals surface area contributed by atoms with E-state index in [0.29, 0.717) is 17.8 Å². The van der Waals surface area contributed by atoms with Crippen molar-refractivity contribution in [3.8, 4) is 11.3 Å². The molecule has 1 atom stereocenters. The summed E-state index contributed by atoms with van der Waals surface area (Å²) in [6, 6.07) is 14.3. The first-order valence-electron chi connectivity index (χ1n) is 12.1. The van der Waals surface area contributed by atoms with Gasteiger partial charge in [-0.2, -0.15) is 0 Å². The van der Waals surface area contributed by atoms with Gasteiger partial charge in [0.25, 0.3) is 0 Å². The molecule has 2 aliphatic rings. The number of piperidine rings is 2. The lowest BCUT2D eigenvalue weighted by molar-refractivity contribution is -0.143. The highest BCUT2D eigenvalue weighted by atomic mass is 19.1. The van der Waals surface area contributed by atoms with E-state index in [0.717, 1.165) is 57.0 Å². The van der Waals surface area contributed by atoms with Gasteiger partial charge < -0.3 is 9.80 Å². The third-order valence-corrected chi connectivity index (χ3v) is 7.27. The molecule has 1 amide bonds. The van der Waals surface area contributed by atoms with E-state index in [4.69, 9.17) is 4.98 Å². The molecule has 0 radical (unpaired) electrons. The van der Waals surface area contributed by atoms with Gasteiger partial charge in [0, 0.05) is 61.2 Å². The fourth-order valence-electron chi connectivity index (χ4n) is 5.15. The molecule has 4 heterocycles. The first-order valence-corrected chi connectivity index (χ1v) is 12.1. The summed E-state index contributed by atoms with van der Waals surface area (Å²) in [6.07, 6.45) is 7.00. The molecular weight excluding hydrogens is 429 g/mol. The summed E-state index contributed by atoms with van der Waals surface area (Å²) in [4.78, 5) is 31.3. The Hall–Kier alpha value is -3.35. The molecule has 7 heteroatoms. The fraction of sp³-hybridized carbons (Fsp3) is 0.407. The SMILES string of the molecule is CC1(C(=O)N2CCC[C@@H](c3cccc(-c4ccccc4F)n3)C2)CCN(c2ncccn2)CC1. The van der Waals surface area contributed by atoms with Crippen LogP contribution in [-0.4, -0.2) is 51.9 Å². The van der Waals surface area contributed by atoms with Gasteiger partial charge >= 0.3 is 0 Å². The van der Waals surface area contributed by atoms with Gasteiger partial charge in [0.15, 0.2) is 0 Å². The molecule has 34 heavy (non-hydrogen) atoms. The molecule has 2 aliphatic heterocycles. The molecule has 6 nitrogen and oxygen atoms in total. The maximum Gasteiger partial charge on any atom is 0.228 e. The van der Waals surface area contributed by atoms with E-state index in [-0.39, 0.29) is 23.1 Å². The molecule has 5 rings (SSSR count). The summed E-state index contributed by atoms with van der Waals surface area (Å²) in [5.74, 6) is 0.852. The zero-order valence-electron chi connectivity index (χ0n) is 19.5. The molecule has 0 N–H and O–H groups in total. The van der Waals surface area contributed by atoms with E-state index in [1.54, 1.807) is 24.5 Å². The molecule has 3 aromatic rings. The number of likely N-dealkylation sites (tertiary alicyclic amines) is 1. The Labute approximate surface area is 199 Å². The second-order valence-corrected chi connectivity index (χ2v) is 9.61. The van der Waals surface area contributed by atoms with Crippen molar-refractivity contribution in [3.05, 3.63) is 72.4 Å². The first kappa shape index (κ1) is 22.4. The Kier molecular flexibility index (Phi) is 6.26. The minimum Gasteiger partial charge on any atom is -0.342 e. The van der Waals surface area contributed by atoms with E-state index >= 15 is 0 Å². The second kappa shape index (κ2) is 9.49. The summed E-state index contributed by atoms with van der Waals surface area (Å²) in [7, 11) is 0. The third-order valence-electron chi connectivity index (χ3n) is 7.27. The Morgan fingerprint density at radius 2 is 1.76 bits per heavy atom. The first-order chi connectivity index (χ1) is 16.5. The number of carbonyl (C=O) groups excluding carboxylic acids is 1. The van der Waals surface area contributed by atoms with Crippen LogP contribution in [0.3, 0.4) is 0 Å². The minimum atomic E-state index is -0.379. The van der Waals surface area contributed by atoms with E-state index in [1.807, 2.05) is 35.2 Å². The summed E-state index contributed by atoms with van der Waals surface area (Å²) in [5.41, 5.74) is 1.70. The van der Waals surface area contributed by atoms with Crippen molar-refractivity contribution >= 4 is 11.9 Å². The van der Waals surface area contributed by atoms with Gasteiger partial charge in [-0.1, -0.05) is 25.1 Å². The highest BCUT2D eigenvalue weighted by Crippen LogP contribution is 2.36. The van der Waals surface area contributed by atoms with Crippen LogP contribution < -0.4 is 4.90 Å². The highest BCUT2D eigenvalue weighted by molar-refractivity contribution is 5.83. The maximum atomic E-state index is 14.3. The molecule has 0 aliphatic carbocycles. The lowest BCUT2D eigenvalue weighted by atomic mass is 9.78. The van der Waals surface area contributed by atoms with Crippen LogP contribution in [0.15, 0.2) is 60.9 Å². The number of hydrogen-bond donors (Lipinski definition) is 0. The van der Waals surface area contributed by atoms with Gasteiger partial charge in [-0.25, -0.2) is 14.4 Å².